The third-order valence-electron chi connectivity index (χ3n) is 5.55. The molecule has 32 heavy (non-hydrogen) atoms. The fourth-order valence-electron chi connectivity index (χ4n) is 4.14. The van der Waals surface area contributed by atoms with Crippen molar-refractivity contribution in [1.29, 1.82) is 0 Å². The van der Waals surface area contributed by atoms with Crippen LogP contribution in [0, 0.1) is 0 Å². The lowest BCUT2D eigenvalue weighted by Gasteiger charge is -2.19. The lowest BCUT2D eigenvalue weighted by atomic mass is 9.98. The Bertz CT molecular complexity index is 1120. The van der Waals surface area contributed by atoms with Gasteiger partial charge in [0.2, 0.25) is 0 Å². The quantitative estimate of drug-likeness (QED) is 0.450. The number of carboxylic acid groups (broad SMARTS) is 1. The Morgan fingerprint density at radius 2 is 1.56 bits per heavy atom. The second kappa shape index (κ2) is 9.63. The maximum absolute atomic E-state index is 12.6. The van der Waals surface area contributed by atoms with Crippen LogP contribution in [0.4, 0.5) is 4.79 Å². The first-order chi connectivity index (χ1) is 15.4. The van der Waals surface area contributed by atoms with Gasteiger partial charge in [0.1, 0.15) is 6.61 Å². The van der Waals surface area contributed by atoms with E-state index in [4.69, 9.17) is 27.9 Å². The fourth-order valence-corrected chi connectivity index (χ4v) is 4.46. The number of alkyl carbamates (subject to hydrolysis) is 1. The summed E-state index contributed by atoms with van der Waals surface area (Å²) in [6.45, 7) is 0.159. The van der Waals surface area contributed by atoms with Gasteiger partial charge in [-0.2, -0.15) is 0 Å². The summed E-state index contributed by atoms with van der Waals surface area (Å²) >= 11 is 12.0. The summed E-state index contributed by atoms with van der Waals surface area (Å²) < 4.78 is 5.54. The number of benzene rings is 3. The number of carbonyl (C=O) groups excluding carboxylic acids is 1. The number of hydrogen-bond donors (Lipinski definition) is 2. The van der Waals surface area contributed by atoms with Gasteiger partial charge in [-0.3, -0.25) is 4.79 Å². The Morgan fingerprint density at radius 1 is 0.938 bits per heavy atom. The predicted molar refractivity (Wildman–Crippen MR) is 124 cm³/mol. The smallest absolute Gasteiger partial charge is 0.407 e. The summed E-state index contributed by atoms with van der Waals surface area (Å²) in [6, 6.07) is 20.5. The molecule has 5 nitrogen and oxygen atoms in total. The molecule has 1 aliphatic carbocycles. The Morgan fingerprint density at radius 3 is 2.16 bits per heavy atom. The lowest BCUT2D eigenvalue weighted by molar-refractivity contribution is -0.137. The van der Waals surface area contributed by atoms with Crippen molar-refractivity contribution in [3.05, 3.63) is 93.5 Å². The first kappa shape index (κ1) is 22.2. The molecule has 0 bridgehead atoms. The zero-order chi connectivity index (χ0) is 22.7. The second-order valence-electron chi connectivity index (χ2n) is 7.72. The molecule has 3 aromatic carbocycles. The van der Waals surface area contributed by atoms with Crippen molar-refractivity contribution in [2.75, 3.05) is 6.61 Å². The monoisotopic (exact) mass is 469 g/mol. The van der Waals surface area contributed by atoms with E-state index in [-0.39, 0.29) is 25.4 Å². The van der Waals surface area contributed by atoms with Gasteiger partial charge >= 0.3 is 12.1 Å². The molecule has 0 aliphatic heterocycles. The lowest BCUT2D eigenvalue weighted by Crippen LogP contribution is -2.39. The number of fused-ring (bicyclic) bond motifs is 3. The van der Waals surface area contributed by atoms with Gasteiger partial charge in [0, 0.05) is 12.0 Å². The highest BCUT2D eigenvalue weighted by atomic mass is 35.5. The molecule has 1 atom stereocenters. The van der Waals surface area contributed by atoms with E-state index in [0.717, 1.165) is 27.8 Å². The highest BCUT2D eigenvalue weighted by Gasteiger charge is 2.29. The second-order valence-corrected chi connectivity index (χ2v) is 8.53. The van der Waals surface area contributed by atoms with E-state index >= 15 is 0 Å². The standard InChI is InChI=1S/C25H21Cl2NO4/c26-22-10-9-15(12-23(22)27)11-16(13-24(29)30)28-25(31)32-14-21-19-7-3-1-5-17(19)18-6-2-4-8-20(18)21/h1-10,12,16,21H,11,13-14H2,(H,28,31)(H,29,30)/t16-/m1/s1. The van der Waals surface area contributed by atoms with Crippen LogP contribution in [0.5, 0.6) is 0 Å². The number of hydrogen-bond acceptors (Lipinski definition) is 3. The number of halogens is 2. The van der Waals surface area contributed by atoms with Crippen LogP contribution in [0.15, 0.2) is 66.7 Å². The van der Waals surface area contributed by atoms with Crippen molar-refractivity contribution in [2.24, 2.45) is 0 Å². The van der Waals surface area contributed by atoms with Crippen molar-refractivity contribution in [3.63, 3.8) is 0 Å². The summed E-state index contributed by atoms with van der Waals surface area (Å²) in [7, 11) is 0. The average Bonchev–Trinajstić information content (AvgIpc) is 3.08. The molecule has 0 saturated heterocycles. The highest BCUT2D eigenvalue weighted by molar-refractivity contribution is 6.42. The summed E-state index contributed by atoms with van der Waals surface area (Å²) in [5.74, 6) is -1.09. The molecule has 164 valence electrons. The van der Waals surface area contributed by atoms with Crippen LogP contribution in [0.1, 0.15) is 29.0 Å². The molecule has 0 spiro atoms. The van der Waals surface area contributed by atoms with E-state index in [9.17, 15) is 14.7 Å². The molecule has 0 fully saturated rings. The first-order valence-electron chi connectivity index (χ1n) is 10.2. The first-order valence-corrected chi connectivity index (χ1v) is 10.9. The topological polar surface area (TPSA) is 75.6 Å². The van der Waals surface area contributed by atoms with Gasteiger partial charge in [-0.15, -0.1) is 0 Å². The number of aliphatic carboxylic acids is 1. The predicted octanol–water partition coefficient (Wildman–Crippen LogP) is 5.92. The Balaban J connectivity index is 1.43. The summed E-state index contributed by atoms with van der Waals surface area (Å²) in [5.41, 5.74) is 5.27. The average molecular weight is 470 g/mol. The molecule has 3 aromatic rings. The Hall–Kier alpha value is -3.02. The highest BCUT2D eigenvalue weighted by Crippen LogP contribution is 2.44. The normalized spacial score (nSPS) is 13.2. The summed E-state index contributed by atoms with van der Waals surface area (Å²) in [4.78, 5) is 23.9. The van der Waals surface area contributed by atoms with Crippen LogP contribution in [0.2, 0.25) is 10.0 Å². The SMILES string of the molecule is O=C(O)C[C@@H](Cc1ccc(Cl)c(Cl)c1)NC(=O)OCC1c2ccccc2-c2ccccc21. The molecule has 1 aliphatic rings. The minimum atomic E-state index is -1.02. The van der Waals surface area contributed by atoms with Crippen LogP contribution >= 0.6 is 23.2 Å². The van der Waals surface area contributed by atoms with Crippen LogP contribution < -0.4 is 5.32 Å². The summed E-state index contributed by atoms with van der Waals surface area (Å²) in [5, 5.41) is 12.7. The maximum atomic E-state index is 12.6. The van der Waals surface area contributed by atoms with Gasteiger partial charge in [-0.05, 0) is 46.4 Å². The van der Waals surface area contributed by atoms with Gasteiger partial charge in [0.25, 0.3) is 0 Å². The number of rotatable bonds is 7. The third-order valence-corrected chi connectivity index (χ3v) is 6.29. The number of ether oxygens (including phenoxy) is 1. The third kappa shape index (κ3) is 4.90. The van der Waals surface area contributed by atoms with E-state index in [2.05, 4.69) is 17.4 Å². The Kier molecular flexibility index (Phi) is 6.68. The minimum Gasteiger partial charge on any atom is -0.481 e. The largest absolute Gasteiger partial charge is 0.481 e. The van der Waals surface area contributed by atoms with E-state index in [1.165, 1.54) is 0 Å². The van der Waals surface area contributed by atoms with E-state index < -0.39 is 18.1 Å². The van der Waals surface area contributed by atoms with Gasteiger partial charge in [0.05, 0.1) is 16.5 Å². The van der Waals surface area contributed by atoms with Gasteiger partial charge in [-0.1, -0.05) is 77.8 Å². The van der Waals surface area contributed by atoms with Crippen molar-refractivity contribution in [3.8, 4) is 11.1 Å². The van der Waals surface area contributed by atoms with Crippen molar-refractivity contribution < 1.29 is 19.4 Å². The Labute approximate surface area is 195 Å². The maximum Gasteiger partial charge on any atom is 0.407 e. The molecule has 0 unspecified atom stereocenters. The van der Waals surface area contributed by atoms with E-state index in [1.54, 1.807) is 18.2 Å². The number of nitrogens with one attached hydrogen (secondary N) is 1. The molecule has 0 radical (unpaired) electrons. The van der Waals surface area contributed by atoms with E-state index in [0.29, 0.717) is 10.0 Å². The molecule has 2 N–H and O–H groups in total. The van der Waals surface area contributed by atoms with Crippen LogP contribution in [-0.4, -0.2) is 29.8 Å². The van der Waals surface area contributed by atoms with Gasteiger partial charge in [-0.25, -0.2) is 4.79 Å². The van der Waals surface area contributed by atoms with Gasteiger partial charge < -0.3 is 15.2 Å². The van der Waals surface area contributed by atoms with Crippen molar-refractivity contribution in [1.82, 2.24) is 5.32 Å². The molecule has 4 rings (SSSR count). The van der Waals surface area contributed by atoms with Gasteiger partial charge in [0.15, 0.2) is 0 Å². The molecule has 0 saturated carbocycles. The van der Waals surface area contributed by atoms with Crippen molar-refractivity contribution >= 4 is 35.3 Å². The fraction of sp³-hybridized carbons (Fsp3) is 0.200. The molecule has 0 aromatic heterocycles. The molecular formula is C25H21Cl2NO4. The zero-order valence-corrected chi connectivity index (χ0v) is 18.6. The molecule has 1 amide bonds. The zero-order valence-electron chi connectivity index (χ0n) is 17.1. The van der Waals surface area contributed by atoms with Crippen LogP contribution in [0.3, 0.4) is 0 Å². The molecular weight excluding hydrogens is 449 g/mol. The number of amides is 1. The van der Waals surface area contributed by atoms with E-state index in [1.807, 2.05) is 36.4 Å². The van der Waals surface area contributed by atoms with Crippen LogP contribution in [-0.2, 0) is 16.0 Å². The van der Waals surface area contributed by atoms with Crippen LogP contribution in [0.25, 0.3) is 11.1 Å². The molecule has 7 heteroatoms. The summed E-state index contributed by atoms with van der Waals surface area (Å²) in [6.07, 6.45) is -0.615. The van der Waals surface area contributed by atoms with Crippen molar-refractivity contribution in [2.45, 2.75) is 24.8 Å². The number of carboxylic acids is 1. The minimum absolute atomic E-state index is 0.0684. The number of carbonyl (C=O) groups is 2. The molecule has 0 heterocycles.